The van der Waals surface area contributed by atoms with Crippen molar-refractivity contribution in [3.63, 3.8) is 0 Å². The average molecular weight is 341 g/mol. The van der Waals surface area contributed by atoms with Gasteiger partial charge in [0, 0.05) is 34.4 Å². The molecule has 0 radical (unpaired) electrons. The van der Waals surface area contributed by atoms with Gasteiger partial charge in [0.25, 0.3) is 5.69 Å². The molecule has 0 saturated carbocycles. The second kappa shape index (κ2) is 5.34. The zero-order chi connectivity index (χ0) is 18.5. The van der Waals surface area contributed by atoms with Crippen LogP contribution in [0.2, 0.25) is 0 Å². The minimum absolute atomic E-state index is 0.109. The van der Waals surface area contributed by atoms with Crippen molar-refractivity contribution in [1.29, 1.82) is 0 Å². The van der Waals surface area contributed by atoms with Gasteiger partial charge in [-0.3, -0.25) is 19.7 Å². The molecule has 124 valence electrons. The minimum atomic E-state index is -1.58. The van der Waals surface area contributed by atoms with Crippen LogP contribution in [0.5, 0.6) is 0 Å². The van der Waals surface area contributed by atoms with Crippen LogP contribution in [-0.2, 0) is 0 Å². The van der Waals surface area contributed by atoms with Gasteiger partial charge < -0.3 is 10.2 Å². The largest absolute Gasteiger partial charge is 0.478 e. The number of aromatic carboxylic acids is 2. The maximum atomic E-state index is 12.6. The molecule has 0 bridgehead atoms. The molecule has 25 heavy (non-hydrogen) atoms. The molecule has 0 amide bonds. The standard InChI is InChI=1S/C16H7NO8/c18-13-7-2-1-6(17(24)25)3-8(7)14(19)10-5-12(16(22)23)11(15(20)21)4-9(10)13/h1-5H,(H,20,21)(H,22,23). The summed E-state index contributed by atoms with van der Waals surface area (Å²) in [5.74, 6) is -4.63. The Kier molecular flexibility index (Phi) is 3.42. The van der Waals surface area contributed by atoms with Crippen LogP contribution >= 0.6 is 0 Å². The third-order valence-corrected chi connectivity index (χ3v) is 3.81. The van der Waals surface area contributed by atoms with Gasteiger partial charge >= 0.3 is 11.9 Å². The van der Waals surface area contributed by atoms with Crippen LogP contribution in [0.1, 0.15) is 52.6 Å². The van der Waals surface area contributed by atoms with E-state index in [1.807, 2.05) is 0 Å². The van der Waals surface area contributed by atoms with Crippen LogP contribution in [0.3, 0.4) is 0 Å². The molecule has 2 aromatic carbocycles. The molecular formula is C16H7NO8. The normalized spacial score (nSPS) is 12.3. The van der Waals surface area contributed by atoms with E-state index in [-0.39, 0.29) is 22.3 Å². The third kappa shape index (κ3) is 2.34. The van der Waals surface area contributed by atoms with Gasteiger partial charge in [0.2, 0.25) is 0 Å². The van der Waals surface area contributed by atoms with Gasteiger partial charge in [0.05, 0.1) is 16.1 Å². The summed E-state index contributed by atoms with van der Waals surface area (Å²) in [6.45, 7) is 0. The van der Waals surface area contributed by atoms with E-state index in [1.165, 1.54) is 0 Å². The topological polar surface area (TPSA) is 152 Å². The summed E-state index contributed by atoms with van der Waals surface area (Å²) < 4.78 is 0. The summed E-state index contributed by atoms with van der Waals surface area (Å²) in [6, 6.07) is 4.75. The minimum Gasteiger partial charge on any atom is -0.478 e. The smallest absolute Gasteiger partial charge is 0.336 e. The molecule has 0 heterocycles. The highest BCUT2D eigenvalue weighted by Crippen LogP contribution is 2.31. The molecule has 2 N–H and O–H groups in total. The first kappa shape index (κ1) is 16.0. The van der Waals surface area contributed by atoms with Gasteiger partial charge in [-0.25, -0.2) is 9.59 Å². The molecule has 0 fully saturated rings. The molecule has 3 rings (SSSR count). The number of carbonyl (C=O) groups excluding carboxylic acids is 2. The number of hydrogen-bond acceptors (Lipinski definition) is 6. The summed E-state index contributed by atoms with van der Waals surface area (Å²) in [7, 11) is 0. The molecule has 0 atom stereocenters. The van der Waals surface area contributed by atoms with Gasteiger partial charge in [-0.15, -0.1) is 0 Å². The fourth-order valence-corrected chi connectivity index (χ4v) is 2.65. The molecule has 0 unspecified atom stereocenters. The molecule has 0 aromatic heterocycles. The highest BCUT2D eigenvalue weighted by molar-refractivity contribution is 6.29. The fourth-order valence-electron chi connectivity index (χ4n) is 2.65. The van der Waals surface area contributed by atoms with E-state index in [1.54, 1.807) is 0 Å². The van der Waals surface area contributed by atoms with Crippen molar-refractivity contribution in [3.05, 3.63) is 73.8 Å². The number of carbonyl (C=O) groups is 4. The number of ketones is 2. The van der Waals surface area contributed by atoms with Crippen molar-refractivity contribution in [2.75, 3.05) is 0 Å². The van der Waals surface area contributed by atoms with Crippen LogP contribution in [0.15, 0.2) is 30.3 Å². The van der Waals surface area contributed by atoms with Crippen LogP contribution in [0.4, 0.5) is 5.69 Å². The SMILES string of the molecule is O=C(O)c1cc2c(cc1C(=O)O)C(=O)c1cc([N+](=O)[O-])ccc1C2=O. The van der Waals surface area contributed by atoms with E-state index in [0.29, 0.717) is 0 Å². The maximum Gasteiger partial charge on any atom is 0.336 e. The monoisotopic (exact) mass is 341 g/mol. The van der Waals surface area contributed by atoms with Crippen molar-refractivity contribution in [1.82, 2.24) is 0 Å². The molecule has 9 heteroatoms. The first-order valence-corrected chi connectivity index (χ1v) is 6.75. The third-order valence-electron chi connectivity index (χ3n) is 3.81. The average Bonchev–Trinajstić information content (AvgIpc) is 2.57. The van der Waals surface area contributed by atoms with Crippen molar-refractivity contribution in [2.45, 2.75) is 0 Å². The first-order chi connectivity index (χ1) is 11.7. The lowest BCUT2D eigenvalue weighted by molar-refractivity contribution is -0.384. The molecule has 1 aliphatic carbocycles. The van der Waals surface area contributed by atoms with Crippen LogP contribution in [-0.4, -0.2) is 38.6 Å². The second-order valence-corrected chi connectivity index (χ2v) is 5.20. The summed E-state index contributed by atoms with van der Waals surface area (Å²) in [6.07, 6.45) is 0. The van der Waals surface area contributed by atoms with E-state index < -0.39 is 45.2 Å². The van der Waals surface area contributed by atoms with Crippen molar-refractivity contribution in [2.24, 2.45) is 0 Å². The molecule has 0 saturated heterocycles. The van der Waals surface area contributed by atoms with E-state index in [4.69, 9.17) is 10.2 Å². The zero-order valence-electron chi connectivity index (χ0n) is 12.2. The number of carboxylic acids is 2. The molecule has 9 nitrogen and oxygen atoms in total. The number of non-ortho nitro benzene ring substituents is 1. The van der Waals surface area contributed by atoms with Gasteiger partial charge in [-0.05, 0) is 18.2 Å². The number of rotatable bonds is 3. The number of hydrogen-bond donors (Lipinski definition) is 2. The van der Waals surface area contributed by atoms with Crippen LogP contribution in [0, 0.1) is 10.1 Å². The fraction of sp³-hybridized carbons (Fsp3) is 0. The number of nitro benzene ring substituents is 1. The number of nitro groups is 1. The summed E-state index contributed by atoms with van der Waals surface area (Å²) in [4.78, 5) is 57.7. The lowest BCUT2D eigenvalue weighted by Crippen LogP contribution is -2.23. The Balaban J connectivity index is 2.30. The summed E-state index contributed by atoms with van der Waals surface area (Å²) in [5, 5.41) is 29.1. The van der Waals surface area contributed by atoms with E-state index in [2.05, 4.69) is 0 Å². The van der Waals surface area contributed by atoms with Gasteiger partial charge in [0.15, 0.2) is 11.6 Å². The lowest BCUT2D eigenvalue weighted by atomic mass is 9.82. The highest BCUT2D eigenvalue weighted by atomic mass is 16.6. The second-order valence-electron chi connectivity index (χ2n) is 5.20. The van der Waals surface area contributed by atoms with Gasteiger partial charge in [-0.1, -0.05) is 0 Å². The van der Waals surface area contributed by atoms with Gasteiger partial charge in [-0.2, -0.15) is 0 Å². The summed E-state index contributed by atoms with van der Waals surface area (Å²) >= 11 is 0. The molecule has 2 aromatic rings. The molecule has 0 aliphatic heterocycles. The Morgan fingerprint density at radius 1 is 0.800 bits per heavy atom. The zero-order valence-corrected chi connectivity index (χ0v) is 12.2. The molecule has 1 aliphatic rings. The quantitative estimate of drug-likeness (QED) is 0.540. The predicted octanol–water partition coefficient (Wildman–Crippen LogP) is 1.77. The predicted molar refractivity (Wildman–Crippen MR) is 80.3 cm³/mol. The Morgan fingerprint density at radius 2 is 1.24 bits per heavy atom. The lowest BCUT2D eigenvalue weighted by Gasteiger charge is -2.18. The Morgan fingerprint density at radius 3 is 1.68 bits per heavy atom. The van der Waals surface area contributed by atoms with E-state index in [9.17, 15) is 29.3 Å². The Hall–Kier alpha value is -3.88. The number of nitrogens with zero attached hydrogens (tertiary/aromatic N) is 1. The number of carboxylic acid groups (broad SMARTS) is 2. The Bertz CT molecular complexity index is 1020. The van der Waals surface area contributed by atoms with Crippen molar-refractivity contribution in [3.8, 4) is 0 Å². The summed E-state index contributed by atoms with van der Waals surface area (Å²) in [5.41, 5.74) is -2.58. The first-order valence-electron chi connectivity index (χ1n) is 6.75. The van der Waals surface area contributed by atoms with E-state index >= 15 is 0 Å². The van der Waals surface area contributed by atoms with Gasteiger partial charge in [0.1, 0.15) is 0 Å². The van der Waals surface area contributed by atoms with Crippen LogP contribution < -0.4 is 0 Å². The number of benzene rings is 2. The maximum absolute atomic E-state index is 12.6. The molecule has 0 spiro atoms. The van der Waals surface area contributed by atoms with E-state index in [0.717, 1.165) is 30.3 Å². The Labute approximate surface area is 138 Å². The molecular weight excluding hydrogens is 334 g/mol. The highest BCUT2D eigenvalue weighted by Gasteiger charge is 2.33. The van der Waals surface area contributed by atoms with Crippen LogP contribution in [0.25, 0.3) is 0 Å². The van der Waals surface area contributed by atoms with Crippen molar-refractivity contribution < 1.29 is 34.3 Å². The van der Waals surface area contributed by atoms with Crippen molar-refractivity contribution >= 4 is 29.2 Å². The number of fused-ring (bicyclic) bond motifs is 2.